The minimum absolute atomic E-state index is 0.215. The molecule has 2 radical (unpaired) electrons. The zero-order valence-corrected chi connectivity index (χ0v) is 20.4. The summed E-state index contributed by atoms with van der Waals surface area (Å²) in [5, 5.41) is 16.3. The summed E-state index contributed by atoms with van der Waals surface area (Å²) in [6.07, 6.45) is -0.274. The molecule has 2 N–H and O–H groups in total. The van der Waals surface area contributed by atoms with Gasteiger partial charge in [-0.05, 0) is 29.3 Å². The molecule has 0 saturated heterocycles. The molecule has 0 saturated carbocycles. The van der Waals surface area contributed by atoms with Gasteiger partial charge in [-0.3, -0.25) is 14.4 Å². The number of carboxylic acids is 1. The maximum atomic E-state index is 13.5. The highest BCUT2D eigenvalue weighted by Crippen LogP contribution is 2.37. The molecule has 1 aromatic heterocycles. The van der Waals surface area contributed by atoms with Crippen LogP contribution >= 0.6 is 11.6 Å². The smallest absolute Gasteiger partial charge is 0.303 e. The standard InChI is InChI=1S/C28H21BClN3O4/c29-18-8-6-16(7-9-18)23-15-22(32-33(23)24(34)12-13-25(35)36)27-26(17-4-2-1-3-5-17)20-14-19(30)10-11-21(20)31-28(27)37/h1-11,14,23H,12-13,15H2,(H,31,37)(H,35,36). The fourth-order valence-corrected chi connectivity index (χ4v) is 4.81. The number of benzene rings is 3. The van der Waals surface area contributed by atoms with Crippen LogP contribution in [-0.4, -0.2) is 40.5 Å². The first-order chi connectivity index (χ1) is 17.8. The molecule has 0 fully saturated rings. The molecule has 0 aliphatic carbocycles. The summed E-state index contributed by atoms with van der Waals surface area (Å²) in [6.45, 7) is 0. The van der Waals surface area contributed by atoms with Gasteiger partial charge in [0, 0.05) is 34.3 Å². The van der Waals surface area contributed by atoms with Gasteiger partial charge in [-0.25, -0.2) is 5.01 Å². The van der Waals surface area contributed by atoms with Crippen LogP contribution in [0.4, 0.5) is 0 Å². The molecule has 1 unspecified atom stereocenters. The van der Waals surface area contributed by atoms with Gasteiger partial charge in [-0.15, -0.1) is 0 Å². The van der Waals surface area contributed by atoms with E-state index in [-0.39, 0.29) is 24.8 Å². The molecule has 3 aromatic carbocycles. The van der Waals surface area contributed by atoms with Gasteiger partial charge in [-0.2, -0.15) is 5.10 Å². The van der Waals surface area contributed by atoms with Gasteiger partial charge in [0.2, 0.25) is 5.91 Å². The molecule has 0 spiro atoms. The van der Waals surface area contributed by atoms with Crippen molar-refractivity contribution in [2.75, 3.05) is 0 Å². The Morgan fingerprint density at radius 1 is 1.03 bits per heavy atom. The number of halogens is 1. The minimum atomic E-state index is -1.07. The molecule has 182 valence electrons. The molecule has 5 rings (SSSR count). The number of carbonyl (C=O) groups is 2. The Morgan fingerprint density at radius 3 is 2.46 bits per heavy atom. The predicted molar refractivity (Wildman–Crippen MR) is 144 cm³/mol. The SMILES string of the molecule is [B]c1ccc(C2CC(c3c(-c4ccccc4)c4cc(Cl)ccc4[nH]c3=O)=NN2C(=O)CCC(=O)O)cc1. The Hall–Kier alpha value is -4.17. The number of rotatable bonds is 6. The van der Waals surface area contributed by atoms with E-state index in [4.69, 9.17) is 24.6 Å². The zero-order chi connectivity index (χ0) is 26.1. The fourth-order valence-electron chi connectivity index (χ4n) is 4.64. The molecule has 37 heavy (non-hydrogen) atoms. The number of nitrogens with one attached hydrogen (secondary N) is 1. The summed E-state index contributed by atoms with van der Waals surface area (Å²) in [5.41, 5.74) is 3.86. The van der Waals surface area contributed by atoms with Crippen molar-refractivity contribution in [2.24, 2.45) is 5.10 Å². The van der Waals surface area contributed by atoms with E-state index in [0.29, 0.717) is 32.8 Å². The number of amides is 1. The van der Waals surface area contributed by atoms with E-state index in [2.05, 4.69) is 10.1 Å². The highest BCUT2D eigenvalue weighted by atomic mass is 35.5. The number of carboxylic acid groups (broad SMARTS) is 1. The van der Waals surface area contributed by atoms with Crippen LogP contribution < -0.4 is 11.0 Å². The van der Waals surface area contributed by atoms with Crippen LogP contribution in [0.5, 0.6) is 0 Å². The number of hydrazone groups is 1. The highest BCUT2D eigenvalue weighted by molar-refractivity contribution is 6.32. The lowest BCUT2D eigenvalue weighted by atomic mass is 9.89. The molecule has 1 atom stereocenters. The fraction of sp³-hybridized carbons (Fsp3) is 0.143. The maximum Gasteiger partial charge on any atom is 0.303 e. The minimum Gasteiger partial charge on any atom is -0.481 e. The van der Waals surface area contributed by atoms with Crippen molar-refractivity contribution in [3.8, 4) is 11.1 Å². The van der Waals surface area contributed by atoms with Gasteiger partial charge in [0.25, 0.3) is 5.56 Å². The number of pyridine rings is 1. The van der Waals surface area contributed by atoms with Gasteiger partial charge in [0.05, 0.1) is 23.7 Å². The second-order valence-corrected chi connectivity index (χ2v) is 9.26. The summed E-state index contributed by atoms with van der Waals surface area (Å²) < 4.78 is 0. The summed E-state index contributed by atoms with van der Waals surface area (Å²) in [4.78, 5) is 40.7. The Morgan fingerprint density at radius 2 is 1.76 bits per heavy atom. The van der Waals surface area contributed by atoms with Crippen LogP contribution in [0.25, 0.3) is 22.0 Å². The summed E-state index contributed by atoms with van der Waals surface area (Å²) in [7, 11) is 5.86. The van der Waals surface area contributed by atoms with Crippen LogP contribution in [0.3, 0.4) is 0 Å². The molecule has 1 aliphatic heterocycles. The lowest BCUT2D eigenvalue weighted by Crippen LogP contribution is -2.27. The highest BCUT2D eigenvalue weighted by Gasteiger charge is 2.35. The summed E-state index contributed by atoms with van der Waals surface area (Å²) in [5.74, 6) is -1.52. The van der Waals surface area contributed by atoms with E-state index in [1.807, 2.05) is 30.3 Å². The van der Waals surface area contributed by atoms with Gasteiger partial charge in [0.15, 0.2) is 0 Å². The van der Waals surface area contributed by atoms with Crippen molar-refractivity contribution in [1.29, 1.82) is 0 Å². The second-order valence-electron chi connectivity index (χ2n) is 8.83. The van der Waals surface area contributed by atoms with E-state index in [1.54, 1.807) is 42.5 Å². The first-order valence-corrected chi connectivity index (χ1v) is 12.1. The Balaban J connectivity index is 1.69. The maximum absolute atomic E-state index is 13.5. The third-order valence-corrected chi connectivity index (χ3v) is 6.60. The van der Waals surface area contributed by atoms with E-state index in [1.165, 1.54) is 5.01 Å². The molecule has 2 heterocycles. The third kappa shape index (κ3) is 4.93. The molecular weight excluding hydrogens is 489 g/mol. The van der Waals surface area contributed by atoms with Crippen molar-refractivity contribution in [3.05, 3.63) is 99.3 Å². The number of aromatic nitrogens is 1. The van der Waals surface area contributed by atoms with Crippen molar-refractivity contribution in [3.63, 3.8) is 0 Å². The lowest BCUT2D eigenvalue weighted by Gasteiger charge is -2.22. The molecule has 9 heteroatoms. The van der Waals surface area contributed by atoms with E-state index in [0.717, 1.165) is 16.5 Å². The van der Waals surface area contributed by atoms with Crippen molar-refractivity contribution in [1.82, 2.24) is 9.99 Å². The average Bonchev–Trinajstić information content (AvgIpc) is 3.32. The molecule has 1 amide bonds. The summed E-state index contributed by atoms with van der Waals surface area (Å²) in [6, 6.07) is 21.3. The Bertz CT molecular complexity index is 1600. The molecule has 1 aliphatic rings. The van der Waals surface area contributed by atoms with Crippen LogP contribution in [0.1, 0.15) is 36.4 Å². The van der Waals surface area contributed by atoms with Crippen LogP contribution in [0, 0.1) is 0 Å². The number of aliphatic carboxylic acids is 1. The van der Waals surface area contributed by atoms with Gasteiger partial charge < -0.3 is 10.1 Å². The second kappa shape index (κ2) is 10.1. The van der Waals surface area contributed by atoms with Crippen LogP contribution in [-0.2, 0) is 9.59 Å². The molecule has 0 bridgehead atoms. The number of nitrogens with zero attached hydrogens (tertiary/aromatic N) is 2. The summed E-state index contributed by atoms with van der Waals surface area (Å²) >= 11 is 6.34. The number of fused-ring (bicyclic) bond motifs is 1. The normalized spacial score (nSPS) is 15.1. The molecule has 7 nitrogen and oxygen atoms in total. The van der Waals surface area contributed by atoms with Gasteiger partial charge in [0.1, 0.15) is 7.85 Å². The van der Waals surface area contributed by atoms with Crippen molar-refractivity contribution in [2.45, 2.75) is 25.3 Å². The van der Waals surface area contributed by atoms with Crippen molar-refractivity contribution >= 4 is 53.4 Å². The number of H-pyrrole nitrogens is 1. The van der Waals surface area contributed by atoms with Crippen molar-refractivity contribution < 1.29 is 14.7 Å². The Kier molecular flexibility index (Phi) is 6.67. The van der Waals surface area contributed by atoms with Crippen LogP contribution in [0.2, 0.25) is 5.02 Å². The monoisotopic (exact) mass is 509 g/mol. The third-order valence-electron chi connectivity index (χ3n) is 6.37. The van der Waals surface area contributed by atoms with Crippen LogP contribution in [0.15, 0.2) is 82.7 Å². The lowest BCUT2D eigenvalue weighted by molar-refractivity contribution is -0.141. The number of aromatic amines is 1. The van der Waals surface area contributed by atoms with E-state index >= 15 is 0 Å². The molecule has 4 aromatic rings. The molecular formula is C28H21BClN3O4. The quantitative estimate of drug-likeness (QED) is 0.381. The van der Waals surface area contributed by atoms with Gasteiger partial charge >= 0.3 is 5.97 Å². The average molecular weight is 510 g/mol. The first-order valence-electron chi connectivity index (χ1n) is 11.7. The number of hydrogen-bond acceptors (Lipinski definition) is 4. The Labute approximate surface area is 218 Å². The zero-order valence-electron chi connectivity index (χ0n) is 19.6. The first kappa shape index (κ1) is 24.5. The van der Waals surface area contributed by atoms with E-state index in [9.17, 15) is 14.4 Å². The predicted octanol–water partition coefficient (Wildman–Crippen LogP) is 4.18. The number of carbonyl (C=O) groups excluding carboxylic acids is 1. The topological polar surface area (TPSA) is 103 Å². The largest absolute Gasteiger partial charge is 0.481 e. The van der Waals surface area contributed by atoms with Gasteiger partial charge in [-0.1, -0.05) is 71.7 Å². The van der Waals surface area contributed by atoms with E-state index < -0.39 is 17.9 Å². The number of hydrogen-bond donors (Lipinski definition) is 2.